The second-order valence-corrected chi connectivity index (χ2v) is 6.88. The first-order valence-corrected chi connectivity index (χ1v) is 8.59. The minimum absolute atomic E-state index is 0.0133. The SMILES string of the molecule is Cc1cc(CC(=O)NC[C@H]2CCN(c3cc(Cl)ccc3C)C2)no1. The van der Waals surface area contributed by atoms with Crippen LogP contribution in [0.2, 0.25) is 5.02 Å². The van der Waals surface area contributed by atoms with Crippen molar-refractivity contribution in [1.29, 1.82) is 0 Å². The van der Waals surface area contributed by atoms with Crippen LogP contribution in [-0.2, 0) is 11.2 Å². The molecule has 0 spiro atoms. The number of anilines is 1. The van der Waals surface area contributed by atoms with Crippen molar-refractivity contribution < 1.29 is 9.32 Å². The Hall–Kier alpha value is -2.01. The molecule has 1 aliphatic rings. The molecule has 1 aromatic carbocycles. The summed E-state index contributed by atoms with van der Waals surface area (Å²) in [6, 6.07) is 7.77. The van der Waals surface area contributed by atoms with Gasteiger partial charge in [0.15, 0.2) is 0 Å². The Bertz CT molecular complexity index is 729. The van der Waals surface area contributed by atoms with Crippen LogP contribution in [-0.4, -0.2) is 30.7 Å². The van der Waals surface area contributed by atoms with Crippen LogP contribution in [0.5, 0.6) is 0 Å². The van der Waals surface area contributed by atoms with Gasteiger partial charge in [0.2, 0.25) is 5.91 Å². The van der Waals surface area contributed by atoms with Crippen LogP contribution in [0, 0.1) is 19.8 Å². The quantitative estimate of drug-likeness (QED) is 0.902. The van der Waals surface area contributed by atoms with Crippen molar-refractivity contribution in [3.05, 3.63) is 46.3 Å². The van der Waals surface area contributed by atoms with E-state index in [0.29, 0.717) is 18.2 Å². The smallest absolute Gasteiger partial charge is 0.226 e. The maximum atomic E-state index is 12.0. The molecule has 5 nitrogen and oxygen atoms in total. The summed E-state index contributed by atoms with van der Waals surface area (Å²) in [4.78, 5) is 14.4. The minimum Gasteiger partial charge on any atom is -0.371 e. The zero-order valence-corrected chi connectivity index (χ0v) is 14.8. The second kappa shape index (κ2) is 7.26. The summed E-state index contributed by atoms with van der Waals surface area (Å²) < 4.78 is 4.98. The Labute approximate surface area is 147 Å². The summed E-state index contributed by atoms with van der Waals surface area (Å²) in [5.74, 6) is 1.16. The van der Waals surface area contributed by atoms with Crippen LogP contribution in [0.1, 0.15) is 23.4 Å². The summed E-state index contributed by atoms with van der Waals surface area (Å²) in [6.45, 7) is 6.53. The lowest BCUT2D eigenvalue weighted by Crippen LogP contribution is -2.32. The van der Waals surface area contributed by atoms with Crippen molar-refractivity contribution in [2.45, 2.75) is 26.7 Å². The minimum atomic E-state index is -0.0133. The fourth-order valence-electron chi connectivity index (χ4n) is 3.13. The molecule has 0 saturated carbocycles. The molecule has 1 aliphatic heterocycles. The molecule has 0 aliphatic carbocycles. The maximum absolute atomic E-state index is 12.0. The van der Waals surface area contributed by atoms with Gasteiger partial charge in [-0.2, -0.15) is 0 Å². The number of carbonyl (C=O) groups excluding carboxylic acids is 1. The highest BCUT2D eigenvalue weighted by molar-refractivity contribution is 6.30. The molecule has 1 N–H and O–H groups in total. The monoisotopic (exact) mass is 347 g/mol. The number of rotatable bonds is 5. The third kappa shape index (κ3) is 4.09. The van der Waals surface area contributed by atoms with Crippen molar-refractivity contribution in [3.63, 3.8) is 0 Å². The lowest BCUT2D eigenvalue weighted by atomic mass is 10.1. The van der Waals surface area contributed by atoms with E-state index in [-0.39, 0.29) is 12.3 Å². The molecule has 0 unspecified atom stereocenters. The largest absolute Gasteiger partial charge is 0.371 e. The number of halogens is 1. The first kappa shape index (κ1) is 16.8. The van der Waals surface area contributed by atoms with Gasteiger partial charge in [0, 0.05) is 36.4 Å². The Kier molecular flexibility index (Phi) is 5.09. The van der Waals surface area contributed by atoms with E-state index in [1.165, 1.54) is 11.3 Å². The standard InChI is InChI=1S/C18H22ClN3O2/c1-12-3-4-15(19)8-17(12)22-6-5-14(11-22)10-20-18(23)9-16-7-13(2)24-21-16/h3-4,7-8,14H,5-6,9-11H2,1-2H3,(H,20,23)/t14-/m1/s1. The molecule has 24 heavy (non-hydrogen) atoms. The number of amides is 1. The molecule has 3 rings (SSSR count). The van der Waals surface area contributed by atoms with E-state index < -0.39 is 0 Å². The molecule has 1 atom stereocenters. The third-order valence-electron chi connectivity index (χ3n) is 4.40. The summed E-state index contributed by atoms with van der Waals surface area (Å²) in [5, 5.41) is 7.62. The van der Waals surface area contributed by atoms with E-state index in [1.54, 1.807) is 6.07 Å². The fourth-order valence-corrected chi connectivity index (χ4v) is 3.29. The number of carbonyl (C=O) groups is 1. The zero-order valence-electron chi connectivity index (χ0n) is 14.0. The van der Waals surface area contributed by atoms with Crippen LogP contribution < -0.4 is 10.2 Å². The number of hydrogen-bond acceptors (Lipinski definition) is 4. The molecule has 1 amide bonds. The van der Waals surface area contributed by atoms with Gasteiger partial charge >= 0.3 is 0 Å². The molecular weight excluding hydrogens is 326 g/mol. The number of nitrogens with zero attached hydrogens (tertiary/aromatic N) is 2. The molecular formula is C18H22ClN3O2. The van der Waals surface area contributed by atoms with Crippen molar-refractivity contribution in [2.24, 2.45) is 5.92 Å². The lowest BCUT2D eigenvalue weighted by molar-refractivity contribution is -0.120. The normalized spacial score (nSPS) is 17.3. The Morgan fingerprint density at radius 3 is 3.00 bits per heavy atom. The summed E-state index contributed by atoms with van der Waals surface area (Å²) >= 11 is 6.12. The highest BCUT2D eigenvalue weighted by Crippen LogP contribution is 2.29. The average Bonchev–Trinajstić information content (AvgIpc) is 3.17. The lowest BCUT2D eigenvalue weighted by Gasteiger charge is -2.21. The van der Waals surface area contributed by atoms with Crippen LogP contribution in [0.15, 0.2) is 28.8 Å². The van der Waals surface area contributed by atoms with E-state index in [0.717, 1.165) is 30.3 Å². The van der Waals surface area contributed by atoms with Gasteiger partial charge in [0.05, 0.1) is 12.1 Å². The fraction of sp³-hybridized carbons (Fsp3) is 0.444. The molecule has 1 fully saturated rings. The number of benzene rings is 1. The van der Waals surface area contributed by atoms with Crippen molar-refractivity contribution in [1.82, 2.24) is 10.5 Å². The predicted octanol–water partition coefficient (Wildman–Crippen LogP) is 3.13. The zero-order chi connectivity index (χ0) is 17.1. The predicted molar refractivity (Wildman–Crippen MR) is 94.5 cm³/mol. The van der Waals surface area contributed by atoms with E-state index in [4.69, 9.17) is 16.1 Å². The number of aromatic nitrogens is 1. The number of hydrogen-bond donors (Lipinski definition) is 1. The van der Waals surface area contributed by atoms with Gasteiger partial charge < -0.3 is 14.7 Å². The van der Waals surface area contributed by atoms with Gasteiger partial charge in [-0.25, -0.2) is 0 Å². The topological polar surface area (TPSA) is 58.4 Å². The highest BCUT2D eigenvalue weighted by Gasteiger charge is 2.24. The maximum Gasteiger partial charge on any atom is 0.226 e. The number of nitrogens with one attached hydrogen (secondary N) is 1. The molecule has 1 aromatic heterocycles. The average molecular weight is 348 g/mol. The number of aryl methyl sites for hydroxylation is 2. The first-order chi connectivity index (χ1) is 11.5. The Morgan fingerprint density at radius 1 is 1.42 bits per heavy atom. The van der Waals surface area contributed by atoms with Gasteiger partial charge in [-0.1, -0.05) is 22.8 Å². The van der Waals surface area contributed by atoms with Crippen molar-refractivity contribution >= 4 is 23.2 Å². The van der Waals surface area contributed by atoms with Crippen LogP contribution in [0.3, 0.4) is 0 Å². The molecule has 1 saturated heterocycles. The third-order valence-corrected chi connectivity index (χ3v) is 4.64. The van der Waals surface area contributed by atoms with E-state index in [1.807, 2.05) is 25.1 Å². The van der Waals surface area contributed by atoms with Crippen LogP contribution in [0.4, 0.5) is 5.69 Å². The molecule has 0 bridgehead atoms. The Morgan fingerprint density at radius 2 is 2.25 bits per heavy atom. The summed E-state index contributed by atoms with van der Waals surface area (Å²) in [7, 11) is 0. The molecule has 128 valence electrons. The van der Waals surface area contributed by atoms with Gasteiger partial charge in [-0.15, -0.1) is 0 Å². The van der Waals surface area contributed by atoms with E-state index in [2.05, 4.69) is 22.3 Å². The second-order valence-electron chi connectivity index (χ2n) is 6.44. The van der Waals surface area contributed by atoms with Gasteiger partial charge in [-0.05, 0) is 43.9 Å². The highest BCUT2D eigenvalue weighted by atomic mass is 35.5. The van der Waals surface area contributed by atoms with Crippen LogP contribution >= 0.6 is 11.6 Å². The molecule has 6 heteroatoms. The summed E-state index contributed by atoms with van der Waals surface area (Å²) in [5.41, 5.74) is 3.09. The molecule has 0 radical (unpaired) electrons. The van der Waals surface area contributed by atoms with Crippen molar-refractivity contribution in [3.8, 4) is 0 Å². The van der Waals surface area contributed by atoms with Crippen molar-refractivity contribution in [2.75, 3.05) is 24.5 Å². The van der Waals surface area contributed by atoms with Gasteiger partial charge in [-0.3, -0.25) is 4.79 Å². The van der Waals surface area contributed by atoms with E-state index >= 15 is 0 Å². The summed E-state index contributed by atoms with van der Waals surface area (Å²) in [6.07, 6.45) is 1.33. The van der Waals surface area contributed by atoms with Crippen LogP contribution in [0.25, 0.3) is 0 Å². The first-order valence-electron chi connectivity index (χ1n) is 8.21. The Balaban J connectivity index is 1.49. The molecule has 2 aromatic rings. The van der Waals surface area contributed by atoms with E-state index in [9.17, 15) is 4.79 Å². The molecule has 2 heterocycles. The van der Waals surface area contributed by atoms with Gasteiger partial charge in [0.25, 0.3) is 0 Å². The van der Waals surface area contributed by atoms with Gasteiger partial charge in [0.1, 0.15) is 5.76 Å².